The average Bonchev–Trinajstić information content (AvgIpc) is 3.00. The molecule has 0 saturated carbocycles. The second kappa shape index (κ2) is 6.81. The van der Waals surface area contributed by atoms with Gasteiger partial charge in [0.25, 0.3) is 0 Å². The highest BCUT2D eigenvalue weighted by Gasteiger charge is 2.10. The van der Waals surface area contributed by atoms with Crippen molar-refractivity contribution >= 4 is 17.0 Å². The molecule has 0 atom stereocenters. The lowest BCUT2D eigenvalue weighted by molar-refractivity contribution is 0.822. The van der Waals surface area contributed by atoms with Crippen molar-refractivity contribution in [2.75, 3.05) is 5.32 Å². The van der Waals surface area contributed by atoms with Crippen LogP contribution in [-0.4, -0.2) is 9.55 Å². The molecule has 3 aromatic carbocycles. The van der Waals surface area contributed by atoms with Crippen molar-refractivity contribution in [2.45, 2.75) is 20.0 Å². The van der Waals surface area contributed by atoms with E-state index in [0.29, 0.717) is 0 Å². The maximum absolute atomic E-state index is 4.79. The third-order valence-electron chi connectivity index (χ3n) is 4.41. The molecule has 25 heavy (non-hydrogen) atoms. The van der Waals surface area contributed by atoms with Gasteiger partial charge in [0, 0.05) is 6.54 Å². The highest BCUT2D eigenvalue weighted by atomic mass is 15.2. The van der Waals surface area contributed by atoms with E-state index in [-0.39, 0.29) is 0 Å². The topological polar surface area (TPSA) is 29.9 Å². The maximum atomic E-state index is 4.79. The molecule has 3 heteroatoms. The molecule has 0 amide bonds. The number of para-hydroxylation sites is 2. The van der Waals surface area contributed by atoms with Gasteiger partial charge in [-0.1, -0.05) is 72.3 Å². The Bertz CT molecular complexity index is 969. The van der Waals surface area contributed by atoms with Gasteiger partial charge in [-0.25, -0.2) is 4.98 Å². The van der Waals surface area contributed by atoms with Gasteiger partial charge < -0.3 is 9.88 Å². The maximum Gasteiger partial charge on any atom is 0.204 e. The minimum absolute atomic E-state index is 0.762. The lowest BCUT2D eigenvalue weighted by Gasteiger charge is -2.11. The fraction of sp³-hybridized carbons (Fsp3) is 0.136. The molecule has 0 spiro atoms. The van der Waals surface area contributed by atoms with Crippen LogP contribution in [0.3, 0.4) is 0 Å². The van der Waals surface area contributed by atoms with E-state index in [1.165, 1.54) is 16.7 Å². The molecule has 0 aliphatic carbocycles. The number of rotatable bonds is 5. The summed E-state index contributed by atoms with van der Waals surface area (Å²) in [5.74, 6) is 0.908. The Hall–Kier alpha value is -3.07. The molecule has 4 aromatic rings. The Morgan fingerprint density at radius 2 is 1.52 bits per heavy atom. The number of imidazole rings is 1. The summed E-state index contributed by atoms with van der Waals surface area (Å²) in [5.41, 5.74) is 5.97. The Morgan fingerprint density at radius 1 is 0.800 bits per heavy atom. The normalized spacial score (nSPS) is 10.9. The molecule has 0 radical (unpaired) electrons. The third-order valence-corrected chi connectivity index (χ3v) is 4.41. The molecule has 1 heterocycles. The van der Waals surface area contributed by atoms with Crippen LogP contribution in [0.2, 0.25) is 0 Å². The second-order valence-electron chi connectivity index (χ2n) is 6.34. The third kappa shape index (κ3) is 3.41. The summed E-state index contributed by atoms with van der Waals surface area (Å²) >= 11 is 0. The van der Waals surface area contributed by atoms with E-state index >= 15 is 0 Å². The Labute approximate surface area is 148 Å². The molecule has 0 fully saturated rings. The number of fused-ring (bicyclic) bond motifs is 1. The predicted molar refractivity (Wildman–Crippen MR) is 104 cm³/mol. The van der Waals surface area contributed by atoms with Crippen LogP contribution in [-0.2, 0) is 13.1 Å². The van der Waals surface area contributed by atoms with Gasteiger partial charge in [-0.2, -0.15) is 0 Å². The van der Waals surface area contributed by atoms with Crippen LogP contribution >= 0.6 is 0 Å². The number of aryl methyl sites for hydroxylation is 1. The predicted octanol–water partition coefficient (Wildman–Crippen LogP) is 5.01. The van der Waals surface area contributed by atoms with Gasteiger partial charge in [0.2, 0.25) is 5.95 Å². The lowest BCUT2D eigenvalue weighted by Crippen LogP contribution is -2.08. The minimum Gasteiger partial charge on any atom is -0.352 e. The minimum atomic E-state index is 0.762. The van der Waals surface area contributed by atoms with Crippen molar-refractivity contribution in [1.29, 1.82) is 0 Å². The van der Waals surface area contributed by atoms with Crippen molar-refractivity contribution in [2.24, 2.45) is 0 Å². The summed E-state index contributed by atoms with van der Waals surface area (Å²) in [4.78, 5) is 4.79. The molecule has 1 N–H and O–H groups in total. The van der Waals surface area contributed by atoms with Gasteiger partial charge in [0.05, 0.1) is 17.6 Å². The van der Waals surface area contributed by atoms with Crippen LogP contribution in [0.25, 0.3) is 11.0 Å². The summed E-state index contributed by atoms with van der Waals surface area (Å²) in [6, 6.07) is 27.4. The number of aromatic nitrogens is 2. The van der Waals surface area contributed by atoms with Gasteiger partial charge in [0.1, 0.15) is 0 Å². The molecule has 0 unspecified atom stereocenters. The molecule has 4 rings (SSSR count). The number of hydrogen-bond donors (Lipinski definition) is 1. The van der Waals surface area contributed by atoms with E-state index in [1.807, 2.05) is 12.1 Å². The zero-order valence-electron chi connectivity index (χ0n) is 14.3. The largest absolute Gasteiger partial charge is 0.352 e. The van der Waals surface area contributed by atoms with E-state index in [1.54, 1.807) is 0 Å². The van der Waals surface area contributed by atoms with E-state index < -0.39 is 0 Å². The summed E-state index contributed by atoms with van der Waals surface area (Å²) in [5, 5.41) is 3.50. The summed E-state index contributed by atoms with van der Waals surface area (Å²) < 4.78 is 2.25. The number of anilines is 1. The van der Waals surface area contributed by atoms with Crippen LogP contribution in [0, 0.1) is 6.92 Å². The fourth-order valence-corrected chi connectivity index (χ4v) is 3.02. The molecule has 124 valence electrons. The first-order valence-corrected chi connectivity index (χ1v) is 8.58. The quantitative estimate of drug-likeness (QED) is 0.559. The molecule has 0 aliphatic rings. The SMILES string of the molecule is Cc1ccc(Cn2c(NCc3ccccc3)nc3ccccc32)cc1. The molecule has 0 saturated heterocycles. The summed E-state index contributed by atoms with van der Waals surface area (Å²) in [6.45, 7) is 3.68. The van der Waals surface area contributed by atoms with E-state index in [9.17, 15) is 0 Å². The van der Waals surface area contributed by atoms with Gasteiger partial charge in [-0.3, -0.25) is 0 Å². The second-order valence-corrected chi connectivity index (χ2v) is 6.34. The molecule has 3 nitrogen and oxygen atoms in total. The zero-order valence-corrected chi connectivity index (χ0v) is 14.3. The van der Waals surface area contributed by atoms with Crippen molar-refractivity contribution in [3.8, 4) is 0 Å². The smallest absolute Gasteiger partial charge is 0.204 e. The van der Waals surface area contributed by atoms with Crippen LogP contribution < -0.4 is 5.32 Å². The van der Waals surface area contributed by atoms with Gasteiger partial charge >= 0.3 is 0 Å². The van der Waals surface area contributed by atoms with Crippen LogP contribution in [0.1, 0.15) is 16.7 Å². The van der Waals surface area contributed by atoms with Crippen molar-refractivity contribution in [3.63, 3.8) is 0 Å². The van der Waals surface area contributed by atoms with Crippen molar-refractivity contribution in [1.82, 2.24) is 9.55 Å². The Kier molecular flexibility index (Phi) is 4.21. The van der Waals surface area contributed by atoms with Gasteiger partial charge in [0.15, 0.2) is 0 Å². The molecular weight excluding hydrogens is 306 g/mol. The number of benzene rings is 3. The first-order valence-electron chi connectivity index (χ1n) is 8.58. The molecule has 0 aliphatic heterocycles. The first kappa shape index (κ1) is 15.5. The van der Waals surface area contributed by atoms with E-state index in [2.05, 4.69) is 83.5 Å². The van der Waals surface area contributed by atoms with Crippen LogP contribution in [0.5, 0.6) is 0 Å². The lowest BCUT2D eigenvalue weighted by atomic mass is 10.1. The first-order chi connectivity index (χ1) is 12.3. The molecular formula is C22H21N3. The average molecular weight is 327 g/mol. The van der Waals surface area contributed by atoms with Crippen molar-refractivity contribution < 1.29 is 0 Å². The Balaban J connectivity index is 1.66. The number of hydrogen-bond acceptors (Lipinski definition) is 2. The highest BCUT2D eigenvalue weighted by Crippen LogP contribution is 2.22. The monoisotopic (exact) mass is 327 g/mol. The summed E-state index contributed by atoms with van der Waals surface area (Å²) in [7, 11) is 0. The molecule has 0 bridgehead atoms. The highest BCUT2D eigenvalue weighted by molar-refractivity contribution is 5.78. The van der Waals surface area contributed by atoms with E-state index in [0.717, 1.165) is 30.1 Å². The van der Waals surface area contributed by atoms with Gasteiger partial charge in [-0.15, -0.1) is 0 Å². The fourth-order valence-electron chi connectivity index (χ4n) is 3.02. The van der Waals surface area contributed by atoms with Crippen LogP contribution in [0.15, 0.2) is 78.9 Å². The number of nitrogens with one attached hydrogen (secondary N) is 1. The molecule has 1 aromatic heterocycles. The van der Waals surface area contributed by atoms with Crippen LogP contribution in [0.4, 0.5) is 5.95 Å². The number of nitrogens with zero attached hydrogens (tertiary/aromatic N) is 2. The summed E-state index contributed by atoms with van der Waals surface area (Å²) in [6.07, 6.45) is 0. The van der Waals surface area contributed by atoms with Gasteiger partial charge in [-0.05, 0) is 30.2 Å². The standard InChI is InChI=1S/C22H21N3/c1-17-11-13-19(14-12-17)16-25-21-10-6-5-9-20(21)24-22(25)23-15-18-7-3-2-4-8-18/h2-14H,15-16H2,1H3,(H,23,24). The van der Waals surface area contributed by atoms with Crippen molar-refractivity contribution in [3.05, 3.63) is 95.6 Å². The Morgan fingerprint density at radius 3 is 2.32 bits per heavy atom. The van der Waals surface area contributed by atoms with E-state index in [4.69, 9.17) is 4.98 Å². The zero-order chi connectivity index (χ0) is 17.1.